The Bertz CT molecular complexity index is 1380. The molecule has 1 aromatic carbocycles. The number of carboxylic acid groups (broad SMARTS) is 1. The summed E-state index contributed by atoms with van der Waals surface area (Å²) < 4.78 is 19.8. The molecule has 2 aromatic heterocycles. The number of carbonyl (C=O) groups excluding carboxylic acids is 1. The van der Waals surface area contributed by atoms with Gasteiger partial charge in [-0.05, 0) is 44.2 Å². The van der Waals surface area contributed by atoms with Gasteiger partial charge in [-0.2, -0.15) is 0 Å². The topological polar surface area (TPSA) is 101 Å². The summed E-state index contributed by atoms with van der Waals surface area (Å²) in [6.07, 6.45) is 4.14. The number of hydrogen-bond donors (Lipinski definition) is 2. The third kappa shape index (κ3) is 4.46. The van der Waals surface area contributed by atoms with Gasteiger partial charge in [0.15, 0.2) is 0 Å². The van der Waals surface area contributed by atoms with E-state index in [9.17, 15) is 19.1 Å². The fourth-order valence-corrected chi connectivity index (χ4v) is 4.97. The summed E-state index contributed by atoms with van der Waals surface area (Å²) in [6.45, 7) is 3.79. The second kappa shape index (κ2) is 8.74. The standard InChI is InChI=1S/C26H22FN3O4S/c1-26(2)20(10-22(34-26)23-19-6-4-16(27)9-21(19)30-24(23)31)14-3-5-17(28-11-14)7-15(25(32)33)8-18-12-35-13-29-18/h3-6,9-13,15H,7-8H2,1-2H3,(H,30,31)(H,32,33)/b23-22+/t15-/m0/s1. The van der Waals surface area contributed by atoms with Crippen LogP contribution in [0.1, 0.15) is 36.4 Å². The lowest BCUT2D eigenvalue weighted by Gasteiger charge is -2.23. The highest BCUT2D eigenvalue weighted by atomic mass is 32.1. The van der Waals surface area contributed by atoms with E-state index in [1.54, 1.807) is 17.8 Å². The van der Waals surface area contributed by atoms with Gasteiger partial charge in [-0.1, -0.05) is 6.07 Å². The number of carbonyl (C=O) groups is 2. The smallest absolute Gasteiger partial charge is 0.307 e. The molecule has 1 amide bonds. The first-order valence-corrected chi connectivity index (χ1v) is 12.0. The van der Waals surface area contributed by atoms with Crippen molar-refractivity contribution in [2.24, 2.45) is 5.92 Å². The third-order valence-corrected chi connectivity index (χ3v) is 6.78. The molecular formula is C26H22FN3O4S. The van der Waals surface area contributed by atoms with E-state index in [2.05, 4.69) is 15.3 Å². The molecule has 1 atom stereocenters. The van der Waals surface area contributed by atoms with Crippen LogP contribution in [0.25, 0.3) is 11.1 Å². The molecule has 9 heteroatoms. The summed E-state index contributed by atoms with van der Waals surface area (Å²) in [7, 11) is 0. The number of hydrogen-bond acceptors (Lipinski definition) is 6. The van der Waals surface area contributed by atoms with Crippen molar-refractivity contribution in [3.05, 3.63) is 87.6 Å². The zero-order chi connectivity index (χ0) is 24.7. The summed E-state index contributed by atoms with van der Waals surface area (Å²) in [4.78, 5) is 33.1. The van der Waals surface area contributed by atoms with Crippen molar-refractivity contribution in [3.8, 4) is 0 Å². The summed E-state index contributed by atoms with van der Waals surface area (Å²) in [5, 5.41) is 14.2. The van der Waals surface area contributed by atoms with Crippen molar-refractivity contribution in [1.82, 2.24) is 9.97 Å². The lowest BCUT2D eigenvalue weighted by molar-refractivity contribution is -0.141. The number of nitrogens with zero attached hydrogens (tertiary/aromatic N) is 2. The van der Waals surface area contributed by atoms with Crippen LogP contribution in [0, 0.1) is 11.7 Å². The zero-order valence-electron chi connectivity index (χ0n) is 19.0. The minimum Gasteiger partial charge on any atom is -0.482 e. The van der Waals surface area contributed by atoms with Crippen LogP contribution in [0.15, 0.2) is 59.3 Å². The highest BCUT2D eigenvalue weighted by Gasteiger charge is 2.38. The Labute approximate surface area is 205 Å². The molecule has 178 valence electrons. The first-order chi connectivity index (χ1) is 16.7. The zero-order valence-corrected chi connectivity index (χ0v) is 19.9. The highest BCUT2D eigenvalue weighted by Crippen LogP contribution is 2.44. The Hall–Kier alpha value is -3.85. The van der Waals surface area contributed by atoms with Crippen molar-refractivity contribution in [2.45, 2.75) is 32.3 Å². The van der Waals surface area contributed by atoms with E-state index in [1.165, 1.54) is 23.5 Å². The van der Waals surface area contributed by atoms with Crippen LogP contribution in [-0.2, 0) is 27.2 Å². The number of ether oxygens (including phenoxy) is 1. The normalized spacial score (nSPS) is 19.1. The van der Waals surface area contributed by atoms with Crippen LogP contribution < -0.4 is 5.32 Å². The molecule has 2 aliphatic rings. The number of carboxylic acids is 1. The van der Waals surface area contributed by atoms with Crippen LogP contribution in [0.2, 0.25) is 0 Å². The number of fused-ring (bicyclic) bond motifs is 1. The number of amides is 1. The fourth-order valence-electron chi connectivity index (χ4n) is 4.40. The van der Waals surface area contributed by atoms with Gasteiger partial charge in [0.1, 0.15) is 17.2 Å². The number of aliphatic carboxylic acids is 1. The molecule has 35 heavy (non-hydrogen) atoms. The van der Waals surface area contributed by atoms with Gasteiger partial charge in [-0.15, -0.1) is 11.3 Å². The largest absolute Gasteiger partial charge is 0.482 e. The first kappa shape index (κ1) is 22.9. The minimum absolute atomic E-state index is 0.287. The number of nitrogens with one attached hydrogen (secondary N) is 1. The third-order valence-electron chi connectivity index (χ3n) is 6.14. The summed E-state index contributed by atoms with van der Waals surface area (Å²) in [5.41, 5.74) is 5.38. The quantitative estimate of drug-likeness (QED) is 0.484. The average Bonchev–Trinajstić information content (AvgIpc) is 3.50. The second-order valence-electron chi connectivity index (χ2n) is 9.02. The van der Waals surface area contributed by atoms with Crippen molar-refractivity contribution in [3.63, 3.8) is 0 Å². The molecule has 7 nitrogen and oxygen atoms in total. The van der Waals surface area contributed by atoms with E-state index in [0.717, 1.165) is 16.8 Å². The summed E-state index contributed by atoms with van der Waals surface area (Å²) in [6, 6.07) is 7.86. The Balaban J connectivity index is 1.42. The van der Waals surface area contributed by atoms with Gasteiger partial charge in [-0.25, -0.2) is 9.37 Å². The average molecular weight is 492 g/mol. The van der Waals surface area contributed by atoms with Gasteiger partial charge >= 0.3 is 5.97 Å². The van der Waals surface area contributed by atoms with Crippen LogP contribution in [0.5, 0.6) is 0 Å². The van der Waals surface area contributed by atoms with Gasteiger partial charge in [0.2, 0.25) is 0 Å². The monoisotopic (exact) mass is 491 g/mol. The highest BCUT2D eigenvalue weighted by molar-refractivity contribution is 7.07. The van der Waals surface area contributed by atoms with Gasteiger partial charge in [0.05, 0.1) is 28.4 Å². The van der Waals surface area contributed by atoms with E-state index in [-0.39, 0.29) is 12.3 Å². The van der Waals surface area contributed by atoms with Crippen LogP contribution in [0.3, 0.4) is 0 Å². The number of pyridine rings is 1. The maximum Gasteiger partial charge on any atom is 0.307 e. The second-order valence-corrected chi connectivity index (χ2v) is 9.73. The number of rotatable bonds is 6. The number of allylic oxidation sites excluding steroid dienone is 1. The molecule has 2 N–H and O–H groups in total. The first-order valence-electron chi connectivity index (χ1n) is 11.0. The predicted molar refractivity (Wildman–Crippen MR) is 130 cm³/mol. The summed E-state index contributed by atoms with van der Waals surface area (Å²) >= 11 is 1.44. The molecule has 0 saturated carbocycles. The molecule has 5 rings (SSSR count). The van der Waals surface area contributed by atoms with E-state index in [0.29, 0.717) is 34.7 Å². The van der Waals surface area contributed by atoms with Crippen molar-refractivity contribution in [1.29, 1.82) is 0 Å². The number of anilines is 1. The number of benzene rings is 1. The molecule has 0 spiro atoms. The molecule has 0 radical (unpaired) electrons. The number of thiazole rings is 1. The van der Waals surface area contributed by atoms with E-state index in [4.69, 9.17) is 4.74 Å². The minimum atomic E-state index is -0.886. The Kier molecular flexibility index (Phi) is 5.72. The molecule has 2 aliphatic heterocycles. The van der Waals surface area contributed by atoms with Crippen molar-refractivity contribution >= 4 is 40.0 Å². The van der Waals surface area contributed by atoms with Gasteiger partial charge in [0, 0.05) is 46.8 Å². The van der Waals surface area contributed by atoms with Crippen LogP contribution >= 0.6 is 11.3 Å². The SMILES string of the molecule is CC1(C)O/C(=C2/C(=O)Nc3cc(F)ccc32)C=C1c1ccc(C[C@@H](Cc2cscn2)C(=O)O)nc1. The lowest BCUT2D eigenvalue weighted by atomic mass is 9.92. The maximum absolute atomic E-state index is 13.6. The predicted octanol–water partition coefficient (Wildman–Crippen LogP) is 4.72. The van der Waals surface area contributed by atoms with Gasteiger partial charge in [-0.3, -0.25) is 14.6 Å². The van der Waals surface area contributed by atoms with E-state index in [1.807, 2.05) is 37.4 Å². The Morgan fingerprint density at radius 3 is 2.69 bits per heavy atom. The molecule has 3 aromatic rings. The fraction of sp³-hybridized carbons (Fsp3) is 0.231. The molecule has 0 saturated heterocycles. The van der Waals surface area contributed by atoms with E-state index >= 15 is 0 Å². The van der Waals surface area contributed by atoms with Crippen molar-refractivity contribution < 1.29 is 23.8 Å². The molecule has 0 bridgehead atoms. The number of halogens is 1. The number of aromatic nitrogens is 2. The van der Waals surface area contributed by atoms with Crippen molar-refractivity contribution in [2.75, 3.05) is 5.32 Å². The van der Waals surface area contributed by atoms with Gasteiger partial charge in [0.25, 0.3) is 5.91 Å². The lowest BCUT2D eigenvalue weighted by Crippen LogP contribution is -2.22. The molecule has 0 aliphatic carbocycles. The van der Waals surface area contributed by atoms with Gasteiger partial charge < -0.3 is 15.2 Å². The molecule has 0 fully saturated rings. The van der Waals surface area contributed by atoms with Crippen LogP contribution in [0.4, 0.5) is 10.1 Å². The Morgan fingerprint density at radius 1 is 1.20 bits per heavy atom. The maximum atomic E-state index is 13.6. The molecule has 0 unspecified atom stereocenters. The van der Waals surface area contributed by atoms with Crippen LogP contribution in [-0.4, -0.2) is 32.6 Å². The molecule has 4 heterocycles. The molecular weight excluding hydrogens is 469 g/mol. The van der Waals surface area contributed by atoms with E-state index < -0.39 is 23.3 Å². The summed E-state index contributed by atoms with van der Waals surface area (Å²) in [5.74, 6) is -1.87. The Morgan fingerprint density at radius 2 is 2.00 bits per heavy atom.